The minimum absolute atomic E-state index is 0.158. The maximum absolute atomic E-state index is 13.4. The van der Waals surface area contributed by atoms with Gasteiger partial charge < -0.3 is 0 Å². The summed E-state index contributed by atoms with van der Waals surface area (Å²) < 4.78 is 89.5. The van der Waals surface area contributed by atoms with Crippen LogP contribution in [0.1, 0.15) is 25.7 Å². The molecule has 0 spiro atoms. The lowest BCUT2D eigenvalue weighted by molar-refractivity contribution is -0.0938. The van der Waals surface area contributed by atoms with Crippen LogP contribution in [0.25, 0.3) is 0 Å². The predicted octanol–water partition coefficient (Wildman–Crippen LogP) is 3.64. The van der Waals surface area contributed by atoms with Crippen molar-refractivity contribution in [1.82, 2.24) is 5.01 Å². The first-order valence-corrected chi connectivity index (χ1v) is 10.2. The van der Waals surface area contributed by atoms with Gasteiger partial charge in [-0.15, -0.1) is 0 Å². The van der Waals surface area contributed by atoms with Gasteiger partial charge in [0.2, 0.25) is 15.9 Å². The van der Waals surface area contributed by atoms with Crippen LogP contribution < -0.4 is 10.1 Å². The fraction of sp³-hybridized carbons (Fsp3) is 0.529. The van der Waals surface area contributed by atoms with Crippen LogP contribution in [0.15, 0.2) is 40.9 Å². The standard InChI is InChI=1S/C17H20F5N3O2S/c18-16(19)6-4-12(5-7-16)9-24-10-13(17(20,21)22)11-25(24)14-2-1-3-15(8-14)28(23,26)27/h1-3,8,11-12H,4-7,9-10H2,(H2,23,26,27). The number of rotatable bonds is 4. The Hall–Kier alpha value is -1.72. The van der Waals surface area contributed by atoms with Crippen LogP contribution in [0, 0.1) is 5.92 Å². The van der Waals surface area contributed by atoms with E-state index in [9.17, 15) is 30.4 Å². The summed E-state index contributed by atoms with van der Waals surface area (Å²) in [6, 6.07) is 5.28. The monoisotopic (exact) mass is 425 g/mol. The van der Waals surface area contributed by atoms with Crippen molar-refractivity contribution in [3.63, 3.8) is 0 Å². The Morgan fingerprint density at radius 1 is 1.18 bits per heavy atom. The number of hydrogen-bond donors (Lipinski definition) is 1. The van der Waals surface area contributed by atoms with Gasteiger partial charge in [-0.2, -0.15) is 13.2 Å². The number of halogens is 5. The molecule has 0 aromatic heterocycles. The number of nitrogens with two attached hydrogens (primary N) is 1. The van der Waals surface area contributed by atoms with Gasteiger partial charge in [-0.3, -0.25) is 5.01 Å². The Morgan fingerprint density at radius 2 is 1.82 bits per heavy atom. The Labute approximate surface area is 159 Å². The summed E-state index contributed by atoms with van der Waals surface area (Å²) in [5.74, 6) is -2.90. The molecule has 1 fully saturated rings. The first kappa shape index (κ1) is 21.0. The lowest BCUT2D eigenvalue weighted by Crippen LogP contribution is -2.41. The van der Waals surface area contributed by atoms with Crippen LogP contribution in [0.4, 0.5) is 27.6 Å². The van der Waals surface area contributed by atoms with E-state index < -0.39 is 34.2 Å². The van der Waals surface area contributed by atoms with E-state index >= 15 is 0 Å². The van der Waals surface area contributed by atoms with Gasteiger partial charge >= 0.3 is 6.18 Å². The van der Waals surface area contributed by atoms with E-state index in [1.165, 1.54) is 34.3 Å². The van der Waals surface area contributed by atoms with Crippen LogP contribution in [0.5, 0.6) is 0 Å². The van der Waals surface area contributed by atoms with Crippen molar-refractivity contribution in [1.29, 1.82) is 0 Å². The van der Waals surface area contributed by atoms with Gasteiger partial charge in [-0.1, -0.05) is 6.07 Å². The zero-order valence-corrected chi connectivity index (χ0v) is 15.6. The van der Waals surface area contributed by atoms with E-state index in [1.54, 1.807) is 0 Å². The predicted molar refractivity (Wildman–Crippen MR) is 92.9 cm³/mol. The quantitative estimate of drug-likeness (QED) is 0.748. The highest BCUT2D eigenvalue weighted by Crippen LogP contribution is 2.39. The number of nitrogens with zero attached hydrogens (tertiary/aromatic N) is 2. The second kappa shape index (κ2) is 7.27. The van der Waals surface area contributed by atoms with E-state index in [4.69, 9.17) is 5.14 Å². The normalized spacial score (nSPS) is 21.8. The molecular weight excluding hydrogens is 405 g/mol. The van der Waals surface area contributed by atoms with E-state index in [2.05, 4.69) is 0 Å². The molecule has 1 heterocycles. The SMILES string of the molecule is NS(=O)(=O)c1cccc(N2C=C(C(F)(F)F)CN2CC2CCC(F)(F)CC2)c1. The molecule has 28 heavy (non-hydrogen) atoms. The summed E-state index contributed by atoms with van der Waals surface area (Å²) in [7, 11) is -4.03. The third kappa shape index (κ3) is 4.81. The molecule has 5 nitrogen and oxygen atoms in total. The van der Waals surface area contributed by atoms with E-state index in [0.717, 1.165) is 6.20 Å². The van der Waals surface area contributed by atoms with Gasteiger partial charge in [0, 0.05) is 25.6 Å². The lowest BCUT2D eigenvalue weighted by Gasteiger charge is -2.35. The number of benzene rings is 1. The van der Waals surface area contributed by atoms with Crippen LogP contribution in [0.3, 0.4) is 0 Å². The van der Waals surface area contributed by atoms with Crippen LogP contribution in [-0.4, -0.2) is 38.6 Å². The summed E-state index contributed by atoms with van der Waals surface area (Å²) in [4.78, 5) is -0.226. The first-order valence-electron chi connectivity index (χ1n) is 8.68. The molecule has 1 aliphatic carbocycles. The second-order valence-electron chi connectivity index (χ2n) is 7.19. The second-order valence-corrected chi connectivity index (χ2v) is 8.75. The highest BCUT2D eigenvalue weighted by atomic mass is 32.2. The fourth-order valence-electron chi connectivity index (χ4n) is 3.48. The zero-order valence-electron chi connectivity index (χ0n) is 14.8. The maximum Gasteiger partial charge on any atom is 0.415 e. The molecule has 2 N–H and O–H groups in total. The number of hydrazine groups is 1. The number of primary sulfonamides is 1. The van der Waals surface area contributed by atoms with Crippen molar-refractivity contribution in [3.05, 3.63) is 36.0 Å². The van der Waals surface area contributed by atoms with Gasteiger partial charge in [-0.25, -0.2) is 27.3 Å². The molecule has 1 aliphatic heterocycles. The lowest BCUT2D eigenvalue weighted by atomic mass is 9.86. The number of sulfonamides is 1. The molecule has 1 saturated carbocycles. The van der Waals surface area contributed by atoms with Gasteiger partial charge in [0.1, 0.15) is 0 Å². The largest absolute Gasteiger partial charge is 0.415 e. The highest BCUT2D eigenvalue weighted by molar-refractivity contribution is 7.89. The number of anilines is 1. The smallest absolute Gasteiger partial charge is 0.281 e. The molecule has 0 atom stereocenters. The fourth-order valence-corrected chi connectivity index (χ4v) is 4.03. The van der Waals surface area contributed by atoms with Gasteiger partial charge in [0.25, 0.3) is 0 Å². The third-order valence-electron chi connectivity index (χ3n) is 5.02. The molecule has 0 amide bonds. The van der Waals surface area contributed by atoms with Crippen LogP contribution in [0.2, 0.25) is 0 Å². The Kier molecular flexibility index (Phi) is 5.45. The van der Waals surface area contributed by atoms with Crippen molar-refractivity contribution in [2.24, 2.45) is 11.1 Å². The molecule has 0 saturated heterocycles. The molecule has 1 aromatic carbocycles. The summed E-state index contributed by atoms with van der Waals surface area (Å²) in [6.07, 6.45) is -3.78. The molecule has 11 heteroatoms. The molecule has 0 unspecified atom stereocenters. The Balaban J connectivity index is 1.85. The number of alkyl halides is 5. The van der Waals surface area contributed by atoms with Crippen molar-refractivity contribution < 1.29 is 30.4 Å². The topological polar surface area (TPSA) is 66.6 Å². The van der Waals surface area contributed by atoms with E-state index in [0.29, 0.717) is 0 Å². The van der Waals surface area contributed by atoms with Gasteiger partial charge in [0.15, 0.2) is 0 Å². The van der Waals surface area contributed by atoms with Crippen molar-refractivity contribution >= 4 is 15.7 Å². The summed E-state index contributed by atoms with van der Waals surface area (Å²) in [5.41, 5.74) is -0.596. The van der Waals surface area contributed by atoms with Gasteiger partial charge in [0.05, 0.1) is 22.7 Å². The minimum atomic E-state index is -4.55. The average Bonchev–Trinajstić information content (AvgIpc) is 3.00. The van der Waals surface area contributed by atoms with Crippen molar-refractivity contribution in [2.75, 3.05) is 18.1 Å². The molecule has 2 aliphatic rings. The van der Waals surface area contributed by atoms with Crippen molar-refractivity contribution in [2.45, 2.75) is 42.7 Å². The van der Waals surface area contributed by atoms with Crippen LogP contribution in [-0.2, 0) is 10.0 Å². The minimum Gasteiger partial charge on any atom is -0.281 e. The summed E-state index contributed by atoms with van der Waals surface area (Å²) >= 11 is 0. The Bertz CT molecular complexity index is 860. The number of hydrogen-bond acceptors (Lipinski definition) is 4. The van der Waals surface area contributed by atoms with Crippen molar-refractivity contribution in [3.8, 4) is 0 Å². The maximum atomic E-state index is 13.4. The molecule has 0 bridgehead atoms. The molecule has 0 radical (unpaired) electrons. The van der Waals surface area contributed by atoms with Gasteiger partial charge in [-0.05, 0) is 37.0 Å². The summed E-state index contributed by atoms with van der Waals surface area (Å²) in [6.45, 7) is -0.276. The third-order valence-corrected chi connectivity index (χ3v) is 5.93. The first-order chi connectivity index (χ1) is 12.9. The molecular formula is C17H20F5N3O2S. The molecule has 156 valence electrons. The Morgan fingerprint density at radius 3 is 2.39 bits per heavy atom. The highest BCUT2D eigenvalue weighted by Gasteiger charge is 2.42. The average molecular weight is 425 g/mol. The molecule has 3 rings (SSSR count). The van der Waals surface area contributed by atoms with E-state index in [-0.39, 0.29) is 48.7 Å². The van der Waals surface area contributed by atoms with Crippen LogP contribution >= 0.6 is 0 Å². The molecule has 1 aromatic rings. The van der Waals surface area contributed by atoms with E-state index in [1.807, 2.05) is 0 Å². The zero-order chi connectivity index (χ0) is 20.7. The summed E-state index contributed by atoms with van der Waals surface area (Å²) in [5, 5.41) is 7.73.